The first kappa shape index (κ1) is 22.8. The number of nitrogens with zero attached hydrogens (tertiary/aromatic N) is 1. The lowest BCUT2D eigenvalue weighted by molar-refractivity contribution is 0.00142. The zero-order chi connectivity index (χ0) is 21.3. The summed E-state index contributed by atoms with van der Waals surface area (Å²) in [5.74, 6) is 2.45. The van der Waals surface area contributed by atoms with Crippen LogP contribution in [0, 0.1) is 5.41 Å². The molecule has 2 rings (SSSR count). The van der Waals surface area contributed by atoms with Gasteiger partial charge in [-0.2, -0.15) is 0 Å². The number of methoxy groups -OCH3 is 2. The number of hydrogen-bond acceptors (Lipinski definition) is 5. The van der Waals surface area contributed by atoms with Gasteiger partial charge in [0.25, 0.3) is 0 Å². The molecule has 0 saturated heterocycles. The monoisotopic (exact) mass is 417 g/mol. The van der Waals surface area contributed by atoms with E-state index >= 15 is 0 Å². The first-order valence-electron chi connectivity index (χ1n) is 9.27. The van der Waals surface area contributed by atoms with Gasteiger partial charge in [-0.05, 0) is 41.3 Å². The van der Waals surface area contributed by atoms with Gasteiger partial charge in [-0.15, -0.1) is 0 Å². The van der Waals surface area contributed by atoms with E-state index in [9.17, 15) is 0 Å². The molecule has 29 heavy (non-hydrogen) atoms. The van der Waals surface area contributed by atoms with E-state index in [2.05, 4.69) is 25.8 Å². The van der Waals surface area contributed by atoms with Crippen LogP contribution >= 0.6 is 11.6 Å². The predicted molar refractivity (Wildman–Crippen MR) is 117 cm³/mol. The van der Waals surface area contributed by atoms with Crippen LogP contribution in [-0.2, 0) is 4.74 Å². The Labute approximate surface area is 177 Å². The van der Waals surface area contributed by atoms with Gasteiger partial charge in [-0.1, -0.05) is 38.4 Å². The molecule has 2 aromatic rings. The molecule has 0 N–H and O–H groups in total. The molecule has 0 amide bonds. The lowest BCUT2D eigenvalue weighted by Gasteiger charge is -2.32. The van der Waals surface area contributed by atoms with Crippen molar-refractivity contribution < 1.29 is 18.9 Å². The van der Waals surface area contributed by atoms with Gasteiger partial charge in [-0.3, -0.25) is 4.98 Å². The van der Waals surface area contributed by atoms with Gasteiger partial charge in [0.15, 0.2) is 11.5 Å². The summed E-state index contributed by atoms with van der Waals surface area (Å²) in [6.45, 7) is 6.63. The highest BCUT2D eigenvalue weighted by atomic mass is 35.5. The van der Waals surface area contributed by atoms with E-state index in [0.29, 0.717) is 29.6 Å². The summed E-state index contributed by atoms with van der Waals surface area (Å²) in [6, 6.07) is 9.25. The van der Waals surface area contributed by atoms with Gasteiger partial charge in [0.05, 0.1) is 20.8 Å². The van der Waals surface area contributed by atoms with E-state index in [1.165, 1.54) is 5.54 Å². The van der Waals surface area contributed by atoms with E-state index in [4.69, 9.17) is 30.5 Å². The minimum absolute atomic E-state index is 0.242. The summed E-state index contributed by atoms with van der Waals surface area (Å²) in [5.41, 5.74) is 2.10. The first-order valence-corrected chi connectivity index (χ1v) is 9.71. The summed E-state index contributed by atoms with van der Waals surface area (Å²) < 4.78 is 23.2. The molecule has 0 fully saturated rings. The standard InChI is InChI=1S/C23H28ClNO4/c1-23(2,3)22(28-13-7-11-24)21(14-17-8-6-12-25-16-17)29-19-10-9-18(26-4)15-20(19)27-5/h6-12,14-16,22H,13H2,1-5H3. The number of halogens is 1. The average Bonchev–Trinajstić information content (AvgIpc) is 2.71. The molecule has 1 aromatic heterocycles. The maximum atomic E-state index is 6.33. The summed E-state index contributed by atoms with van der Waals surface area (Å²) in [6.07, 6.45) is 6.83. The molecule has 1 unspecified atom stereocenters. The van der Waals surface area contributed by atoms with Crippen molar-refractivity contribution in [3.05, 3.63) is 65.7 Å². The topological polar surface area (TPSA) is 49.8 Å². The van der Waals surface area contributed by atoms with Gasteiger partial charge in [0, 0.05) is 24.0 Å². The second kappa shape index (κ2) is 10.9. The molecule has 1 aromatic carbocycles. The van der Waals surface area contributed by atoms with E-state index in [1.807, 2.05) is 30.3 Å². The SMILES string of the molecule is COc1ccc(OC(=Cc2cccnc2)C(OCC=CCl)C(C)(C)C)c(OC)c1. The van der Waals surface area contributed by atoms with Crippen LogP contribution in [0.5, 0.6) is 17.2 Å². The van der Waals surface area contributed by atoms with Crippen LogP contribution in [0.15, 0.2) is 60.1 Å². The molecule has 156 valence electrons. The molecule has 0 aliphatic rings. The van der Waals surface area contributed by atoms with Crippen LogP contribution in [0.25, 0.3) is 6.08 Å². The van der Waals surface area contributed by atoms with Gasteiger partial charge in [-0.25, -0.2) is 0 Å². The maximum absolute atomic E-state index is 6.33. The maximum Gasteiger partial charge on any atom is 0.169 e. The van der Waals surface area contributed by atoms with Crippen molar-refractivity contribution in [3.63, 3.8) is 0 Å². The van der Waals surface area contributed by atoms with Crippen molar-refractivity contribution in [1.29, 1.82) is 0 Å². The molecule has 0 saturated carbocycles. The van der Waals surface area contributed by atoms with Crippen LogP contribution in [0.2, 0.25) is 0 Å². The second-order valence-electron chi connectivity index (χ2n) is 7.39. The Kier molecular flexibility index (Phi) is 8.55. The fourth-order valence-corrected chi connectivity index (χ4v) is 2.79. The minimum Gasteiger partial charge on any atom is -0.497 e. The largest absolute Gasteiger partial charge is 0.497 e. The Bertz CT molecular complexity index is 829. The van der Waals surface area contributed by atoms with E-state index < -0.39 is 0 Å². The number of ether oxygens (including phenoxy) is 4. The van der Waals surface area contributed by atoms with E-state index in [0.717, 1.165) is 5.56 Å². The Hall–Kier alpha value is -2.50. The number of hydrogen-bond donors (Lipinski definition) is 0. The zero-order valence-corrected chi connectivity index (χ0v) is 18.3. The predicted octanol–water partition coefficient (Wildman–Crippen LogP) is 5.70. The lowest BCUT2D eigenvalue weighted by Crippen LogP contribution is -2.33. The zero-order valence-electron chi connectivity index (χ0n) is 17.5. The smallest absolute Gasteiger partial charge is 0.169 e. The van der Waals surface area contributed by atoms with Crippen molar-refractivity contribution in [2.75, 3.05) is 20.8 Å². The highest BCUT2D eigenvalue weighted by molar-refractivity contribution is 6.25. The van der Waals surface area contributed by atoms with Crippen LogP contribution in [0.4, 0.5) is 0 Å². The Balaban J connectivity index is 2.48. The van der Waals surface area contributed by atoms with Gasteiger partial charge >= 0.3 is 0 Å². The minimum atomic E-state index is -0.345. The van der Waals surface area contributed by atoms with Crippen LogP contribution < -0.4 is 14.2 Å². The number of rotatable bonds is 9. The third-order valence-corrected chi connectivity index (χ3v) is 4.26. The quantitative estimate of drug-likeness (QED) is 0.489. The molecule has 0 aliphatic carbocycles. The van der Waals surface area contributed by atoms with Crippen LogP contribution in [0.3, 0.4) is 0 Å². The van der Waals surface area contributed by atoms with Crippen molar-refractivity contribution >= 4 is 17.7 Å². The van der Waals surface area contributed by atoms with Crippen molar-refractivity contribution in [3.8, 4) is 17.2 Å². The molecular weight excluding hydrogens is 390 g/mol. The molecular formula is C23H28ClNO4. The third kappa shape index (κ3) is 6.80. The molecule has 0 spiro atoms. The number of benzene rings is 1. The highest BCUT2D eigenvalue weighted by Gasteiger charge is 2.31. The highest BCUT2D eigenvalue weighted by Crippen LogP contribution is 2.36. The summed E-state index contributed by atoms with van der Waals surface area (Å²) in [5, 5.41) is 0. The number of aromatic nitrogens is 1. The van der Waals surface area contributed by atoms with E-state index in [1.54, 1.807) is 38.8 Å². The van der Waals surface area contributed by atoms with Crippen LogP contribution in [0.1, 0.15) is 26.3 Å². The van der Waals surface area contributed by atoms with E-state index in [-0.39, 0.29) is 11.5 Å². The average molecular weight is 418 g/mol. The Morgan fingerprint density at radius 2 is 1.93 bits per heavy atom. The Morgan fingerprint density at radius 3 is 2.52 bits per heavy atom. The second-order valence-corrected chi connectivity index (χ2v) is 7.64. The molecule has 1 atom stereocenters. The molecule has 5 nitrogen and oxygen atoms in total. The first-order chi connectivity index (χ1) is 13.9. The molecule has 0 bridgehead atoms. The fourth-order valence-electron chi connectivity index (χ4n) is 2.72. The molecule has 1 heterocycles. The molecule has 0 aliphatic heterocycles. The fraction of sp³-hybridized carbons (Fsp3) is 0.348. The summed E-state index contributed by atoms with van der Waals surface area (Å²) in [4.78, 5) is 4.19. The third-order valence-electron chi connectivity index (χ3n) is 4.09. The van der Waals surface area contributed by atoms with Crippen molar-refractivity contribution in [1.82, 2.24) is 4.98 Å². The number of pyridine rings is 1. The van der Waals surface area contributed by atoms with Crippen molar-refractivity contribution in [2.45, 2.75) is 26.9 Å². The Morgan fingerprint density at radius 1 is 1.14 bits per heavy atom. The van der Waals surface area contributed by atoms with Gasteiger partial charge in [0.2, 0.25) is 0 Å². The summed E-state index contributed by atoms with van der Waals surface area (Å²) in [7, 11) is 3.20. The lowest BCUT2D eigenvalue weighted by atomic mass is 9.87. The van der Waals surface area contributed by atoms with Gasteiger partial charge < -0.3 is 18.9 Å². The summed E-state index contributed by atoms with van der Waals surface area (Å²) >= 11 is 5.66. The van der Waals surface area contributed by atoms with Gasteiger partial charge in [0.1, 0.15) is 17.6 Å². The van der Waals surface area contributed by atoms with Crippen molar-refractivity contribution in [2.24, 2.45) is 5.41 Å². The molecule has 0 radical (unpaired) electrons. The normalized spacial score (nSPS) is 13.4. The van der Waals surface area contributed by atoms with Crippen LogP contribution in [-0.4, -0.2) is 31.9 Å². The molecule has 6 heteroatoms.